The molecule has 1 aromatic carbocycles. The van der Waals surface area contributed by atoms with Crippen molar-refractivity contribution in [1.82, 2.24) is 0 Å². The van der Waals surface area contributed by atoms with Gasteiger partial charge in [-0.15, -0.1) is 0 Å². The fourth-order valence-electron chi connectivity index (χ4n) is 3.73. The van der Waals surface area contributed by atoms with Gasteiger partial charge in [-0.05, 0) is 30.0 Å². The lowest BCUT2D eigenvalue weighted by atomic mass is 9.98. The van der Waals surface area contributed by atoms with E-state index < -0.39 is 36.7 Å². The van der Waals surface area contributed by atoms with Crippen LogP contribution in [0.4, 0.5) is 0 Å². The largest absolute Gasteiger partial charge is 0.479 e. The molecule has 1 aromatic rings. The van der Waals surface area contributed by atoms with Gasteiger partial charge in [-0.1, -0.05) is 53.0 Å². The summed E-state index contributed by atoms with van der Waals surface area (Å²) in [6.07, 6.45) is -5.10. The van der Waals surface area contributed by atoms with Gasteiger partial charge in [-0.25, -0.2) is 4.79 Å². The van der Waals surface area contributed by atoms with Crippen LogP contribution in [0.5, 0.6) is 5.75 Å². The van der Waals surface area contributed by atoms with E-state index in [4.69, 9.17) is 14.2 Å². The molecule has 0 saturated carbocycles. The van der Waals surface area contributed by atoms with Gasteiger partial charge in [-0.3, -0.25) is 9.59 Å². The van der Waals surface area contributed by atoms with Gasteiger partial charge in [0.05, 0.1) is 11.5 Å². The molecule has 2 rings (SSSR count). The van der Waals surface area contributed by atoms with Crippen molar-refractivity contribution in [3.05, 3.63) is 29.3 Å². The Balaban J connectivity index is 2.23. The van der Waals surface area contributed by atoms with Gasteiger partial charge in [0.1, 0.15) is 30.7 Å². The summed E-state index contributed by atoms with van der Waals surface area (Å²) in [7, 11) is 0. The molecule has 10 heteroatoms. The molecule has 1 fully saturated rings. The summed E-state index contributed by atoms with van der Waals surface area (Å²) in [4.78, 5) is 36.3. The lowest BCUT2D eigenvalue weighted by Crippen LogP contribution is -2.61. The number of carbonyl (C=O) groups excluding carboxylic acids is 2. The van der Waals surface area contributed by atoms with Crippen LogP contribution >= 0.6 is 0 Å². The van der Waals surface area contributed by atoms with E-state index in [-0.39, 0.29) is 42.0 Å². The first-order valence-corrected chi connectivity index (χ1v) is 12.3. The number of aliphatic hydroxyl groups excluding tert-OH is 3. The average Bonchev–Trinajstić information content (AvgIpc) is 2.82. The number of aliphatic carboxylic acids is 1. The number of carboxylic acid groups (broad SMARTS) is 1. The maximum atomic E-state index is 13.1. The molecule has 10 nitrogen and oxygen atoms in total. The second-order valence-electron chi connectivity index (χ2n) is 9.86. The molecule has 0 bridgehead atoms. The zero-order valence-corrected chi connectivity index (χ0v) is 21.3. The third-order valence-electron chi connectivity index (χ3n) is 5.94. The average molecular weight is 511 g/mol. The molecule has 0 aliphatic carbocycles. The summed E-state index contributed by atoms with van der Waals surface area (Å²) in [6.45, 7) is 7.63. The van der Waals surface area contributed by atoms with Gasteiger partial charge in [0.2, 0.25) is 6.29 Å². The van der Waals surface area contributed by atoms with E-state index in [1.165, 1.54) is 12.1 Å². The van der Waals surface area contributed by atoms with E-state index in [0.717, 1.165) is 19.3 Å². The number of carboxylic acids is 1. The normalized spacial score (nSPS) is 24.1. The Morgan fingerprint density at radius 1 is 0.972 bits per heavy atom. The highest BCUT2D eigenvalue weighted by Crippen LogP contribution is 2.29. The minimum Gasteiger partial charge on any atom is -0.479 e. The predicted octanol–water partition coefficient (Wildman–Crippen LogP) is 2.45. The summed E-state index contributed by atoms with van der Waals surface area (Å²) in [5.41, 5.74) is 0.698. The number of carbonyl (C=O) groups is 3. The first-order valence-electron chi connectivity index (χ1n) is 12.3. The Morgan fingerprint density at radius 2 is 1.67 bits per heavy atom. The molecular weight excluding hydrogens is 472 g/mol. The van der Waals surface area contributed by atoms with Crippen LogP contribution in [0.25, 0.3) is 0 Å². The number of hydrogen-bond acceptors (Lipinski definition) is 9. The summed E-state index contributed by atoms with van der Waals surface area (Å²) in [5, 5.41) is 39.5. The molecule has 1 aliphatic heterocycles. The van der Waals surface area contributed by atoms with Crippen LogP contribution in [0.15, 0.2) is 18.2 Å². The highest BCUT2D eigenvalue weighted by atomic mass is 16.7. The van der Waals surface area contributed by atoms with Gasteiger partial charge < -0.3 is 34.6 Å². The van der Waals surface area contributed by atoms with Crippen LogP contribution in [0, 0.1) is 11.8 Å². The fourth-order valence-corrected chi connectivity index (χ4v) is 3.73. The molecule has 0 unspecified atom stereocenters. The minimum absolute atomic E-state index is 0.0119. The molecule has 0 aromatic heterocycles. The Bertz CT molecular complexity index is 897. The number of esters is 1. The van der Waals surface area contributed by atoms with E-state index in [2.05, 4.69) is 13.8 Å². The highest BCUT2D eigenvalue weighted by Gasteiger charge is 2.48. The highest BCUT2D eigenvalue weighted by molar-refractivity contribution is 5.98. The van der Waals surface area contributed by atoms with Crippen molar-refractivity contribution in [3.63, 3.8) is 0 Å². The minimum atomic E-state index is -1.86. The smallest absolute Gasteiger partial charge is 0.335 e. The van der Waals surface area contributed by atoms with E-state index in [1.807, 2.05) is 0 Å². The van der Waals surface area contributed by atoms with Crippen LogP contribution in [0.1, 0.15) is 75.7 Å². The Kier molecular flexibility index (Phi) is 11.3. The SMILES string of the molecule is CC(C)CCCCCC(=O)c1cc(COC(=O)C(C)C)ccc1O[C@H]1O[C@H](C(=O)O)[C@@H](O)[C@H](O)[C@H]1O. The van der Waals surface area contributed by atoms with Crippen molar-refractivity contribution in [1.29, 1.82) is 0 Å². The molecule has 36 heavy (non-hydrogen) atoms. The van der Waals surface area contributed by atoms with Crippen LogP contribution in [-0.4, -0.2) is 68.9 Å². The van der Waals surface area contributed by atoms with E-state index in [1.54, 1.807) is 19.9 Å². The monoisotopic (exact) mass is 510 g/mol. The van der Waals surface area contributed by atoms with Crippen molar-refractivity contribution < 1.29 is 49.0 Å². The predicted molar refractivity (Wildman–Crippen MR) is 128 cm³/mol. The topological polar surface area (TPSA) is 160 Å². The van der Waals surface area contributed by atoms with Crippen LogP contribution in [-0.2, 0) is 25.7 Å². The Labute approximate surface area is 211 Å². The summed E-state index contributed by atoms with van der Waals surface area (Å²) in [6, 6.07) is 4.53. The molecule has 202 valence electrons. The van der Waals surface area contributed by atoms with Crippen molar-refractivity contribution in [2.45, 2.75) is 97.1 Å². The second kappa shape index (κ2) is 13.7. The van der Waals surface area contributed by atoms with Gasteiger partial charge in [0.15, 0.2) is 11.9 Å². The summed E-state index contributed by atoms with van der Waals surface area (Å²) >= 11 is 0. The molecule has 4 N–H and O–H groups in total. The number of unbranched alkanes of at least 4 members (excludes halogenated alkanes) is 2. The molecule has 1 aliphatic rings. The first-order chi connectivity index (χ1) is 16.9. The number of benzene rings is 1. The zero-order chi connectivity index (χ0) is 27.0. The number of Topliss-reactive ketones (excluding diaryl/α,β-unsaturated/α-hetero) is 1. The Morgan fingerprint density at radius 3 is 2.28 bits per heavy atom. The second-order valence-corrected chi connectivity index (χ2v) is 9.86. The van der Waals surface area contributed by atoms with Crippen molar-refractivity contribution in [2.75, 3.05) is 0 Å². The quantitative estimate of drug-likeness (QED) is 0.176. The lowest BCUT2D eigenvalue weighted by Gasteiger charge is -2.38. The third-order valence-corrected chi connectivity index (χ3v) is 5.94. The van der Waals surface area contributed by atoms with E-state index >= 15 is 0 Å². The van der Waals surface area contributed by atoms with Crippen LogP contribution < -0.4 is 4.74 Å². The summed E-state index contributed by atoms with van der Waals surface area (Å²) < 4.78 is 16.1. The third kappa shape index (κ3) is 8.26. The number of ether oxygens (including phenoxy) is 3. The van der Waals surface area contributed by atoms with Crippen molar-refractivity contribution in [3.8, 4) is 5.75 Å². The van der Waals surface area contributed by atoms with Gasteiger partial charge >= 0.3 is 11.9 Å². The number of aliphatic hydroxyl groups is 3. The maximum Gasteiger partial charge on any atom is 0.335 e. The van der Waals surface area contributed by atoms with E-state index in [0.29, 0.717) is 17.9 Å². The number of hydrogen-bond donors (Lipinski definition) is 4. The number of rotatable bonds is 13. The fraction of sp³-hybridized carbons (Fsp3) is 0.654. The first kappa shape index (κ1) is 29.7. The van der Waals surface area contributed by atoms with Gasteiger partial charge in [0.25, 0.3) is 0 Å². The molecule has 5 atom stereocenters. The van der Waals surface area contributed by atoms with Gasteiger partial charge in [0, 0.05) is 6.42 Å². The van der Waals surface area contributed by atoms with Crippen molar-refractivity contribution in [2.24, 2.45) is 11.8 Å². The molecule has 1 heterocycles. The molecule has 1 saturated heterocycles. The molecule has 0 radical (unpaired) electrons. The molecule has 0 spiro atoms. The lowest BCUT2D eigenvalue weighted by molar-refractivity contribution is -0.271. The van der Waals surface area contributed by atoms with Gasteiger partial charge in [-0.2, -0.15) is 0 Å². The Hall–Kier alpha value is -2.53. The zero-order valence-electron chi connectivity index (χ0n) is 21.3. The maximum absolute atomic E-state index is 13.1. The number of ketones is 1. The van der Waals surface area contributed by atoms with E-state index in [9.17, 15) is 34.8 Å². The van der Waals surface area contributed by atoms with Crippen molar-refractivity contribution >= 4 is 17.7 Å². The molecular formula is C26H38O10. The summed E-state index contributed by atoms with van der Waals surface area (Å²) in [5.74, 6) is -1.89. The van der Waals surface area contributed by atoms with Crippen LogP contribution in [0.3, 0.4) is 0 Å². The molecule has 0 amide bonds. The van der Waals surface area contributed by atoms with Crippen LogP contribution in [0.2, 0.25) is 0 Å². The standard InChI is InChI=1S/C26H38O10/c1-14(2)8-6-5-7-9-18(27)17-12-16(13-34-25(33)15(3)4)10-11-19(17)35-26-22(30)20(28)21(29)23(36-26)24(31)32/h10-12,14-15,20-23,26,28-30H,5-9,13H2,1-4H3,(H,31,32)/t20-,21-,22+,23-,26-/m0/s1.